The number of benzene rings is 2. The zero-order valence-electron chi connectivity index (χ0n) is 15.0. The van der Waals surface area contributed by atoms with E-state index >= 15 is 0 Å². The van der Waals surface area contributed by atoms with E-state index in [1.807, 2.05) is 62.4 Å². The Morgan fingerprint density at radius 1 is 1.04 bits per heavy atom. The summed E-state index contributed by atoms with van der Waals surface area (Å²) >= 11 is 0. The summed E-state index contributed by atoms with van der Waals surface area (Å²) < 4.78 is 5.74. The summed E-state index contributed by atoms with van der Waals surface area (Å²) in [6.45, 7) is 4.41. The van der Waals surface area contributed by atoms with Gasteiger partial charge in [-0.2, -0.15) is 0 Å². The molecule has 2 unspecified atom stereocenters. The van der Waals surface area contributed by atoms with E-state index in [0.717, 1.165) is 22.4 Å². The van der Waals surface area contributed by atoms with Gasteiger partial charge in [-0.25, -0.2) is 0 Å². The fourth-order valence-corrected chi connectivity index (χ4v) is 3.55. The van der Waals surface area contributed by atoms with Crippen LogP contribution in [0.25, 0.3) is 0 Å². The number of carbonyl (C=O) groups excluding carboxylic acids is 1. The predicted molar refractivity (Wildman–Crippen MR) is 98.3 cm³/mol. The predicted octanol–water partition coefficient (Wildman–Crippen LogP) is 3.01. The largest absolute Gasteiger partial charge is 0.483 e. The first kappa shape index (κ1) is 18.0. The minimum atomic E-state index is -0.871. The Morgan fingerprint density at radius 3 is 2.31 bits per heavy atom. The van der Waals surface area contributed by atoms with Crippen LogP contribution in [0.4, 0.5) is 0 Å². The van der Waals surface area contributed by atoms with Gasteiger partial charge in [0.2, 0.25) is 0 Å². The Kier molecular flexibility index (Phi) is 5.26. The topological polar surface area (TPSA) is 66.8 Å². The second kappa shape index (κ2) is 7.60. The van der Waals surface area contributed by atoms with Crippen LogP contribution < -0.4 is 4.74 Å². The molecule has 3 rings (SSSR count). The number of ether oxygens (including phenoxy) is 1. The van der Waals surface area contributed by atoms with Crippen molar-refractivity contribution in [3.63, 3.8) is 0 Å². The SMILES string of the molecule is Cc1cccc(C)c1OCC(=O)N1CC(C(=O)O)C(c2ccccc2)C1. The summed E-state index contributed by atoms with van der Waals surface area (Å²) in [5, 5.41) is 9.56. The van der Waals surface area contributed by atoms with Gasteiger partial charge in [0.15, 0.2) is 6.61 Å². The molecule has 1 saturated heterocycles. The van der Waals surface area contributed by atoms with E-state index < -0.39 is 11.9 Å². The number of rotatable bonds is 5. The van der Waals surface area contributed by atoms with Crippen LogP contribution in [-0.2, 0) is 9.59 Å². The number of amides is 1. The number of aliphatic carboxylic acids is 1. The van der Waals surface area contributed by atoms with Gasteiger partial charge >= 0.3 is 5.97 Å². The zero-order chi connectivity index (χ0) is 18.7. The number of para-hydroxylation sites is 1. The van der Waals surface area contributed by atoms with Crippen molar-refractivity contribution in [2.45, 2.75) is 19.8 Å². The van der Waals surface area contributed by atoms with Gasteiger partial charge in [0.05, 0.1) is 5.92 Å². The molecule has 1 aliphatic heterocycles. The molecule has 2 aromatic carbocycles. The van der Waals surface area contributed by atoms with Crippen LogP contribution in [0.15, 0.2) is 48.5 Å². The third kappa shape index (κ3) is 3.72. The lowest BCUT2D eigenvalue weighted by Crippen LogP contribution is -2.34. The highest BCUT2D eigenvalue weighted by atomic mass is 16.5. The molecular formula is C21H23NO4. The summed E-state index contributed by atoms with van der Waals surface area (Å²) in [6, 6.07) is 15.3. The highest BCUT2D eigenvalue weighted by Gasteiger charge is 2.40. The average molecular weight is 353 g/mol. The number of hydrogen-bond acceptors (Lipinski definition) is 3. The fourth-order valence-electron chi connectivity index (χ4n) is 3.55. The van der Waals surface area contributed by atoms with Crippen LogP contribution in [0.2, 0.25) is 0 Å². The molecule has 0 aliphatic carbocycles. The van der Waals surface area contributed by atoms with Gasteiger partial charge in [0.25, 0.3) is 5.91 Å². The zero-order valence-corrected chi connectivity index (χ0v) is 15.0. The molecule has 136 valence electrons. The molecule has 0 aromatic heterocycles. The van der Waals surface area contributed by atoms with Crippen molar-refractivity contribution in [1.29, 1.82) is 0 Å². The van der Waals surface area contributed by atoms with Gasteiger partial charge in [0, 0.05) is 19.0 Å². The molecule has 1 heterocycles. The second-order valence-electron chi connectivity index (χ2n) is 6.77. The van der Waals surface area contributed by atoms with E-state index in [9.17, 15) is 14.7 Å². The molecule has 5 nitrogen and oxygen atoms in total. The average Bonchev–Trinajstić information content (AvgIpc) is 3.08. The second-order valence-corrected chi connectivity index (χ2v) is 6.77. The molecule has 0 radical (unpaired) electrons. The number of nitrogens with zero attached hydrogens (tertiary/aromatic N) is 1. The number of carboxylic acids is 1. The number of likely N-dealkylation sites (tertiary alicyclic amines) is 1. The monoisotopic (exact) mass is 353 g/mol. The minimum Gasteiger partial charge on any atom is -0.483 e. The molecule has 1 fully saturated rings. The molecule has 1 N–H and O–H groups in total. The van der Waals surface area contributed by atoms with Gasteiger partial charge in [-0.15, -0.1) is 0 Å². The molecule has 0 saturated carbocycles. The standard InChI is InChI=1S/C21H23NO4/c1-14-7-6-8-15(2)20(14)26-13-19(23)22-11-17(18(12-22)21(24)25)16-9-4-3-5-10-16/h3-10,17-18H,11-13H2,1-2H3,(H,24,25). The summed E-state index contributed by atoms with van der Waals surface area (Å²) in [7, 11) is 0. The molecule has 2 aromatic rings. The van der Waals surface area contributed by atoms with Gasteiger partial charge in [0.1, 0.15) is 5.75 Å². The lowest BCUT2D eigenvalue weighted by molar-refractivity contribution is -0.142. The van der Waals surface area contributed by atoms with Crippen molar-refractivity contribution >= 4 is 11.9 Å². The molecule has 5 heteroatoms. The molecule has 2 atom stereocenters. The van der Waals surface area contributed by atoms with Crippen molar-refractivity contribution in [3.8, 4) is 5.75 Å². The van der Waals surface area contributed by atoms with Crippen LogP contribution >= 0.6 is 0 Å². The molecular weight excluding hydrogens is 330 g/mol. The summed E-state index contributed by atoms with van der Waals surface area (Å²) in [5.41, 5.74) is 2.90. The molecule has 1 aliphatic rings. The third-order valence-electron chi connectivity index (χ3n) is 4.97. The van der Waals surface area contributed by atoms with E-state index in [1.165, 1.54) is 0 Å². The van der Waals surface area contributed by atoms with Crippen molar-refractivity contribution in [1.82, 2.24) is 4.90 Å². The Balaban J connectivity index is 1.69. The number of carbonyl (C=O) groups is 2. The first-order valence-corrected chi connectivity index (χ1v) is 8.72. The van der Waals surface area contributed by atoms with Gasteiger partial charge < -0.3 is 14.7 Å². The fraction of sp³-hybridized carbons (Fsp3) is 0.333. The number of hydrogen-bond donors (Lipinski definition) is 1. The third-order valence-corrected chi connectivity index (χ3v) is 4.97. The van der Waals surface area contributed by atoms with E-state index in [-0.39, 0.29) is 25.0 Å². The maximum Gasteiger partial charge on any atom is 0.308 e. The van der Waals surface area contributed by atoms with Crippen LogP contribution in [0.3, 0.4) is 0 Å². The minimum absolute atomic E-state index is 0.0838. The molecule has 26 heavy (non-hydrogen) atoms. The van der Waals surface area contributed by atoms with E-state index in [4.69, 9.17) is 4.74 Å². The van der Waals surface area contributed by atoms with E-state index in [0.29, 0.717) is 6.54 Å². The summed E-state index contributed by atoms with van der Waals surface area (Å²) in [4.78, 5) is 25.8. The van der Waals surface area contributed by atoms with Gasteiger partial charge in [-0.3, -0.25) is 9.59 Å². The summed E-state index contributed by atoms with van der Waals surface area (Å²) in [6.07, 6.45) is 0. The van der Waals surface area contributed by atoms with Gasteiger partial charge in [-0.1, -0.05) is 48.5 Å². The Hall–Kier alpha value is -2.82. The Labute approximate surface area is 153 Å². The quantitative estimate of drug-likeness (QED) is 0.897. The van der Waals surface area contributed by atoms with Crippen LogP contribution in [0.5, 0.6) is 5.75 Å². The van der Waals surface area contributed by atoms with Gasteiger partial charge in [-0.05, 0) is 30.5 Å². The van der Waals surface area contributed by atoms with Crippen LogP contribution in [-0.4, -0.2) is 41.6 Å². The van der Waals surface area contributed by atoms with Crippen molar-refractivity contribution in [3.05, 3.63) is 65.2 Å². The van der Waals surface area contributed by atoms with Crippen molar-refractivity contribution < 1.29 is 19.4 Å². The lowest BCUT2D eigenvalue weighted by atomic mass is 9.89. The highest BCUT2D eigenvalue weighted by Crippen LogP contribution is 2.33. The first-order valence-electron chi connectivity index (χ1n) is 8.72. The molecule has 1 amide bonds. The maximum atomic E-state index is 12.6. The highest BCUT2D eigenvalue weighted by molar-refractivity contribution is 5.80. The normalized spacial score (nSPS) is 19.4. The Morgan fingerprint density at radius 2 is 1.69 bits per heavy atom. The van der Waals surface area contributed by atoms with Crippen molar-refractivity contribution in [2.24, 2.45) is 5.92 Å². The van der Waals surface area contributed by atoms with Crippen LogP contribution in [0.1, 0.15) is 22.6 Å². The smallest absolute Gasteiger partial charge is 0.308 e. The van der Waals surface area contributed by atoms with Crippen LogP contribution in [0, 0.1) is 19.8 Å². The molecule has 0 bridgehead atoms. The maximum absolute atomic E-state index is 12.6. The van der Waals surface area contributed by atoms with E-state index in [1.54, 1.807) is 4.90 Å². The number of aryl methyl sites for hydroxylation is 2. The van der Waals surface area contributed by atoms with Crippen molar-refractivity contribution in [2.75, 3.05) is 19.7 Å². The number of carboxylic acid groups (broad SMARTS) is 1. The lowest BCUT2D eigenvalue weighted by Gasteiger charge is -2.18. The first-order chi connectivity index (χ1) is 12.5. The summed E-state index contributed by atoms with van der Waals surface area (Å²) in [5.74, 6) is -1.13. The Bertz CT molecular complexity index is 783. The molecule has 0 spiro atoms. The van der Waals surface area contributed by atoms with E-state index in [2.05, 4.69) is 0 Å².